The maximum Gasteiger partial charge on any atom is 0.0494 e. The number of hydrogen-bond acceptors (Lipinski definition) is 2. The van der Waals surface area contributed by atoms with Crippen LogP contribution in [0.2, 0.25) is 0 Å². The standard InChI is InChI=1S/C10H23NO/c1-6-10(4,5)11-7-9(2,3)8-12/h11-12H,6-8H2,1-5H3. The highest BCUT2D eigenvalue weighted by atomic mass is 16.3. The van der Waals surface area contributed by atoms with Gasteiger partial charge >= 0.3 is 0 Å². The summed E-state index contributed by atoms with van der Waals surface area (Å²) in [5.74, 6) is 0. The summed E-state index contributed by atoms with van der Waals surface area (Å²) in [5.41, 5.74) is 0.179. The average molecular weight is 173 g/mol. The van der Waals surface area contributed by atoms with Gasteiger partial charge in [0.2, 0.25) is 0 Å². The van der Waals surface area contributed by atoms with Gasteiger partial charge in [0.25, 0.3) is 0 Å². The van der Waals surface area contributed by atoms with Crippen LogP contribution in [0.5, 0.6) is 0 Å². The van der Waals surface area contributed by atoms with E-state index < -0.39 is 0 Å². The van der Waals surface area contributed by atoms with Gasteiger partial charge < -0.3 is 10.4 Å². The predicted octanol–water partition coefficient (Wildman–Crippen LogP) is 1.78. The van der Waals surface area contributed by atoms with Crippen LogP contribution in [-0.2, 0) is 0 Å². The lowest BCUT2D eigenvalue weighted by Gasteiger charge is -2.30. The normalized spacial score (nSPS) is 13.5. The summed E-state index contributed by atoms with van der Waals surface area (Å²) in [5, 5.41) is 12.5. The fourth-order valence-corrected chi connectivity index (χ4v) is 0.659. The van der Waals surface area contributed by atoms with Crippen LogP contribution in [0, 0.1) is 5.41 Å². The summed E-state index contributed by atoms with van der Waals surface area (Å²) in [6.07, 6.45) is 1.11. The molecule has 0 aliphatic carbocycles. The molecule has 0 fully saturated rings. The molecule has 0 aliphatic heterocycles. The lowest BCUT2D eigenvalue weighted by molar-refractivity contribution is 0.145. The largest absolute Gasteiger partial charge is 0.396 e. The second kappa shape index (κ2) is 4.24. The molecule has 0 saturated heterocycles. The summed E-state index contributed by atoms with van der Waals surface area (Å²) in [7, 11) is 0. The van der Waals surface area contributed by atoms with Crippen molar-refractivity contribution in [2.24, 2.45) is 5.41 Å². The number of nitrogens with one attached hydrogen (secondary N) is 1. The molecule has 0 aromatic rings. The highest BCUT2D eigenvalue weighted by Crippen LogP contribution is 2.15. The molecule has 0 aliphatic rings. The molecule has 0 heterocycles. The van der Waals surface area contributed by atoms with Gasteiger partial charge in [-0.1, -0.05) is 20.8 Å². The summed E-state index contributed by atoms with van der Waals surface area (Å²) in [6, 6.07) is 0. The molecule has 0 aromatic carbocycles. The van der Waals surface area contributed by atoms with E-state index in [2.05, 4.69) is 39.9 Å². The Morgan fingerprint density at radius 2 is 1.67 bits per heavy atom. The van der Waals surface area contributed by atoms with Crippen molar-refractivity contribution in [3.63, 3.8) is 0 Å². The van der Waals surface area contributed by atoms with Crippen LogP contribution in [0.1, 0.15) is 41.0 Å². The molecular weight excluding hydrogens is 150 g/mol. The Labute approximate surface area is 76.4 Å². The van der Waals surface area contributed by atoms with E-state index in [1.807, 2.05) is 0 Å². The van der Waals surface area contributed by atoms with Gasteiger partial charge in [0.05, 0.1) is 0 Å². The molecule has 0 atom stereocenters. The third kappa shape index (κ3) is 4.73. The zero-order valence-electron chi connectivity index (χ0n) is 9.07. The van der Waals surface area contributed by atoms with Crippen molar-refractivity contribution in [3.05, 3.63) is 0 Å². The number of hydrogen-bond donors (Lipinski definition) is 2. The van der Waals surface area contributed by atoms with Crippen LogP contribution in [0.15, 0.2) is 0 Å². The molecule has 0 spiro atoms. The Morgan fingerprint density at radius 3 is 2.00 bits per heavy atom. The smallest absolute Gasteiger partial charge is 0.0494 e. The Bertz CT molecular complexity index is 114. The first kappa shape index (κ1) is 11.9. The summed E-state index contributed by atoms with van der Waals surface area (Å²) in [6.45, 7) is 11.8. The quantitative estimate of drug-likeness (QED) is 0.664. The summed E-state index contributed by atoms with van der Waals surface area (Å²) < 4.78 is 0. The molecule has 0 amide bonds. The minimum atomic E-state index is -0.00750. The summed E-state index contributed by atoms with van der Waals surface area (Å²) in [4.78, 5) is 0. The fourth-order valence-electron chi connectivity index (χ4n) is 0.659. The van der Waals surface area contributed by atoms with Gasteiger partial charge in [-0.3, -0.25) is 0 Å². The molecule has 12 heavy (non-hydrogen) atoms. The van der Waals surface area contributed by atoms with Crippen molar-refractivity contribution in [1.29, 1.82) is 0 Å². The zero-order valence-corrected chi connectivity index (χ0v) is 9.07. The third-order valence-electron chi connectivity index (χ3n) is 2.36. The van der Waals surface area contributed by atoms with Crippen LogP contribution in [0.25, 0.3) is 0 Å². The number of rotatable bonds is 5. The van der Waals surface area contributed by atoms with Gasteiger partial charge in [0.15, 0.2) is 0 Å². The van der Waals surface area contributed by atoms with Gasteiger partial charge in [-0.2, -0.15) is 0 Å². The molecular formula is C10H23NO. The molecule has 0 rings (SSSR count). The van der Waals surface area contributed by atoms with E-state index >= 15 is 0 Å². The molecule has 0 unspecified atom stereocenters. The van der Waals surface area contributed by atoms with E-state index in [0.29, 0.717) is 0 Å². The molecule has 0 radical (unpaired) electrons. The first-order valence-corrected chi connectivity index (χ1v) is 4.69. The van der Waals surface area contributed by atoms with Crippen molar-refractivity contribution in [1.82, 2.24) is 5.32 Å². The Morgan fingerprint density at radius 1 is 1.17 bits per heavy atom. The second-order valence-electron chi connectivity index (χ2n) is 4.91. The van der Waals surface area contributed by atoms with Gasteiger partial charge in [-0.25, -0.2) is 0 Å². The van der Waals surface area contributed by atoms with Crippen molar-refractivity contribution in [2.45, 2.75) is 46.6 Å². The van der Waals surface area contributed by atoms with Crippen molar-refractivity contribution in [2.75, 3.05) is 13.2 Å². The Balaban J connectivity index is 3.82. The van der Waals surface area contributed by atoms with Crippen molar-refractivity contribution in [3.8, 4) is 0 Å². The average Bonchev–Trinajstić information content (AvgIpc) is 2.02. The number of aliphatic hydroxyl groups excluding tert-OH is 1. The number of aliphatic hydroxyl groups is 1. The monoisotopic (exact) mass is 173 g/mol. The molecule has 2 nitrogen and oxygen atoms in total. The van der Waals surface area contributed by atoms with E-state index in [9.17, 15) is 0 Å². The lowest BCUT2D eigenvalue weighted by atomic mass is 9.92. The highest BCUT2D eigenvalue weighted by molar-refractivity contribution is 4.79. The zero-order chi connectivity index (χ0) is 9.83. The van der Waals surface area contributed by atoms with E-state index in [1.54, 1.807) is 0 Å². The highest BCUT2D eigenvalue weighted by Gasteiger charge is 2.21. The van der Waals surface area contributed by atoms with Crippen molar-refractivity contribution < 1.29 is 5.11 Å². The molecule has 2 N–H and O–H groups in total. The SMILES string of the molecule is CCC(C)(C)NCC(C)(C)CO. The van der Waals surface area contributed by atoms with Gasteiger partial charge in [0, 0.05) is 24.1 Å². The first-order chi connectivity index (χ1) is 5.33. The minimum absolute atomic E-state index is 0.00750. The van der Waals surface area contributed by atoms with Crippen molar-refractivity contribution >= 4 is 0 Å². The molecule has 2 heteroatoms. The molecule has 74 valence electrons. The van der Waals surface area contributed by atoms with Gasteiger partial charge in [-0.05, 0) is 20.3 Å². The van der Waals surface area contributed by atoms with Crippen LogP contribution < -0.4 is 5.32 Å². The first-order valence-electron chi connectivity index (χ1n) is 4.69. The van der Waals surface area contributed by atoms with E-state index in [4.69, 9.17) is 5.11 Å². The van der Waals surface area contributed by atoms with Gasteiger partial charge in [0.1, 0.15) is 0 Å². The van der Waals surface area contributed by atoms with Crippen LogP contribution >= 0.6 is 0 Å². The van der Waals surface area contributed by atoms with Crippen LogP contribution in [-0.4, -0.2) is 23.8 Å². The predicted molar refractivity (Wildman–Crippen MR) is 53.2 cm³/mol. The lowest BCUT2D eigenvalue weighted by Crippen LogP contribution is -2.44. The van der Waals surface area contributed by atoms with E-state index in [0.717, 1.165) is 13.0 Å². The molecule has 0 aromatic heterocycles. The topological polar surface area (TPSA) is 32.3 Å². The molecule has 0 bridgehead atoms. The second-order valence-corrected chi connectivity index (χ2v) is 4.91. The minimum Gasteiger partial charge on any atom is -0.396 e. The maximum atomic E-state index is 9.02. The maximum absolute atomic E-state index is 9.02. The Hall–Kier alpha value is -0.0800. The fraction of sp³-hybridized carbons (Fsp3) is 1.00. The Kier molecular flexibility index (Phi) is 4.21. The summed E-state index contributed by atoms with van der Waals surface area (Å²) >= 11 is 0. The van der Waals surface area contributed by atoms with E-state index in [1.165, 1.54) is 0 Å². The van der Waals surface area contributed by atoms with Crippen LogP contribution in [0.3, 0.4) is 0 Å². The van der Waals surface area contributed by atoms with Crippen LogP contribution in [0.4, 0.5) is 0 Å². The third-order valence-corrected chi connectivity index (χ3v) is 2.36. The molecule has 0 saturated carbocycles. The van der Waals surface area contributed by atoms with E-state index in [-0.39, 0.29) is 17.6 Å². The van der Waals surface area contributed by atoms with Gasteiger partial charge in [-0.15, -0.1) is 0 Å².